The van der Waals surface area contributed by atoms with Crippen molar-refractivity contribution in [3.05, 3.63) is 41.9 Å². The molecule has 3 rings (SSSR count). The van der Waals surface area contributed by atoms with Crippen molar-refractivity contribution in [2.75, 3.05) is 11.6 Å². The molecule has 8 nitrogen and oxygen atoms in total. The molecule has 0 fully saturated rings. The van der Waals surface area contributed by atoms with Gasteiger partial charge in [-0.2, -0.15) is 5.21 Å². The van der Waals surface area contributed by atoms with E-state index in [0.29, 0.717) is 22.5 Å². The standard InChI is InChI=1S/C13H10N8S/c1-14-10-7-15-13(22-2)17-12(10)16-9-6-4-3-5-8(9)11-18-20-21-19-11/h3-7H,2H3,(H,15,16,17)(H,18,19,20,21). The van der Waals surface area contributed by atoms with Crippen LogP contribution in [0.4, 0.5) is 17.2 Å². The SMILES string of the molecule is [C-]#[N+]c1cnc(SC)nc1Nc1ccccc1-c1nn[nH]n1. The maximum atomic E-state index is 7.23. The molecule has 9 heteroatoms. The summed E-state index contributed by atoms with van der Waals surface area (Å²) in [5.74, 6) is 0.914. The molecule has 1 aromatic carbocycles. The summed E-state index contributed by atoms with van der Waals surface area (Å²) < 4.78 is 0. The summed E-state index contributed by atoms with van der Waals surface area (Å²) in [7, 11) is 0. The minimum absolute atomic E-state index is 0.348. The van der Waals surface area contributed by atoms with Gasteiger partial charge >= 0.3 is 0 Å². The number of aromatic nitrogens is 6. The van der Waals surface area contributed by atoms with Crippen LogP contribution < -0.4 is 5.32 Å². The average Bonchev–Trinajstić information content (AvgIpc) is 3.09. The first-order chi connectivity index (χ1) is 10.8. The maximum absolute atomic E-state index is 7.23. The summed E-state index contributed by atoms with van der Waals surface area (Å²) >= 11 is 1.41. The smallest absolute Gasteiger partial charge is 0.246 e. The van der Waals surface area contributed by atoms with Crippen LogP contribution >= 0.6 is 11.8 Å². The van der Waals surface area contributed by atoms with Crippen molar-refractivity contribution in [3.63, 3.8) is 0 Å². The molecule has 22 heavy (non-hydrogen) atoms. The number of para-hydroxylation sites is 1. The van der Waals surface area contributed by atoms with Gasteiger partial charge < -0.3 is 5.32 Å². The Labute approximate surface area is 130 Å². The zero-order valence-electron chi connectivity index (χ0n) is 11.5. The Morgan fingerprint density at radius 2 is 2.18 bits per heavy atom. The van der Waals surface area contributed by atoms with Gasteiger partial charge in [0.05, 0.1) is 6.57 Å². The third-order valence-electron chi connectivity index (χ3n) is 2.82. The second-order valence-corrected chi connectivity index (χ2v) is 4.88. The highest BCUT2D eigenvalue weighted by molar-refractivity contribution is 7.98. The highest BCUT2D eigenvalue weighted by atomic mass is 32.2. The van der Waals surface area contributed by atoms with Gasteiger partial charge in [0.25, 0.3) is 0 Å². The molecular weight excluding hydrogens is 300 g/mol. The summed E-state index contributed by atoms with van der Waals surface area (Å²) in [4.78, 5) is 11.9. The molecule has 2 heterocycles. The zero-order valence-corrected chi connectivity index (χ0v) is 12.3. The van der Waals surface area contributed by atoms with Crippen LogP contribution in [0.5, 0.6) is 0 Å². The highest BCUT2D eigenvalue weighted by Crippen LogP contribution is 2.31. The number of tetrazole rings is 1. The summed E-state index contributed by atoms with van der Waals surface area (Å²) in [5.41, 5.74) is 1.84. The van der Waals surface area contributed by atoms with Crippen molar-refractivity contribution in [2.24, 2.45) is 0 Å². The van der Waals surface area contributed by atoms with Crippen LogP contribution in [-0.2, 0) is 0 Å². The van der Waals surface area contributed by atoms with Crippen molar-refractivity contribution >= 4 is 29.0 Å². The third kappa shape index (κ3) is 2.72. The van der Waals surface area contributed by atoms with E-state index >= 15 is 0 Å². The predicted molar refractivity (Wildman–Crippen MR) is 83.0 cm³/mol. The zero-order chi connectivity index (χ0) is 15.4. The van der Waals surface area contributed by atoms with Crippen molar-refractivity contribution in [2.45, 2.75) is 5.16 Å². The van der Waals surface area contributed by atoms with Gasteiger partial charge in [-0.05, 0) is 23.6 Å². The minimum atomic E-state index is 0.348. The number of anilines is 2. The molecule has 3 aromatic rings. The monoisotopic (exact) mass is 310 g/mol. The van der Waals surface area contributed by atoms with E-state index in [1.807, 2.05) is 30.5 Å². The number of H-pyrrole nitrogens is 1. The topological polar surface area (TPSA) is 96.6 Å². The molecule has 2 aromatic heterocycles. The maximum Gasteiger partial charge on any atom is 0.246 e. The van der Waals surface area contributed by atoms with Crippen LogP contribution in [0.1, 0.15) is 0 Å². The van der Waals surface area contributed by atoms with Gasteiger partial charge in [-0.3, -0.25) is 0 Å². The van der Waals surface area contributed by atoms with Crippen LogP contribution in [0.15, 0.2) is 35.6 Å². The van der Waals surface area contributed by atoms with Crippen LogP contribution in [0.2, 0.25) is 0 Å². The molecule has 0 saturated heterocycles. The minimum Gasteiger partial charge on any atom is -0.348 e. The molecule has 0 saturated carbocycles. The quantitative estimate of drug-likeness (QED) is 0.434. The number of rotatable bonds is 4. The fourth-order valence-electron chi connectivity index (χ4n) is 1.82. The fourth-order valence-corrected chi connectivity index (χ4v) is 2.16. The summed E-state index contributed by atoms with van der Waals surface area (Å²) in [5, 5.41) is 17.7. The molecular formula is C13H10N8S. The average molecular weight is 310 g/mol. The second-order valence-electron chi connectivity index (χ2n) is 4.11. The van der Waals surface area contributed by atoms with E-state index < -0.39 is 0 Å². The number of hydrogen-bond donors (Lipinski definition) is 2. The Morgan fingerprint density at radius 1 is 1.32 bits per heavy atom. The van der Waals surface area contributed by atoms with Gasteiger partial charge in [-0.1, -0.05) is 23.9 Å². The molecule has 0 radical (unpaired) electrons. The summed E-state index contributed by atoms with van der Waals surface area (Å²) in [6.45, 7) is 7.23. The van der Waals surface area contributed by atoms with Gasteiger partial charge in [-0.15, -0.1) is 10.2 Å². The Bertz CT molecular complexity index is 824. The van der Waals surface area contributed by atoms with Crippen LogP contribution in [0.3, 0.4) is 0 Å². The molecule has 0 unspecified atom stereocenters. The van der Waals surface area contributed by atoms with Crippen LogP contribution in [0.25, 0.3) is 16.2 Å². The highest BCUT2D eigenvalue weighted by Gasteiger charge is 2.12. The van der Waals surface area contributed by atoms with E-state index in [0.717, 1.165) is 11.3 Å². The van der Waals surface area contributed by atoms with Crippen molar-refractivity contribution in [3.8, 4) is 11.4 Å². The molecule has 0 spiro atoms. The van der Waals surface area contributed by atoms with E-state index in [4.69, 9.17) is 6.57 Å². The molecule has 0 aliphatic heterocycles. The van der Waals surface area contributed by atoms with Crippen molar-refractivity contribution in [1.29, 1.82) is 0 Å². The summed E-state index contributed by atoms with van der Waals surface area (Å²) in [6.07, 6.45) is 3.38. The molecule has 0 amide bonds. The number of benzene rings is 1. The normalized spacial score (nSPS) is 10.2. The van der Waals surface area contributed by atoms with E-state index in [1.165, 1.54) is 18.0 Å². The molecule has 108 valence electrons. The lowest BCUT2D eigenvalue weighted by atomic mass is 10.1. The van der Waals surface area contributed by atoms with Gasteiger partial charge in [0.15, 0.2) is 5.16 Å². The van der Waals surface area contributed by atoms with Crippen molar-refractivity contribution in [1.82, 2.24) is 30.6 Å². The molecule has 0 aliphatic rings. The number of nitrogens with zero attached hydrogens (tertiary/aromatic N) is 6. The van der Waals surface area contributed by atoms with E-state index in [2.05, 4.69) is 40.8 Å². The lowest BCUT2D eigenvalue weighted by Crippen LogP contribution is -1.98. The second kappa shape index (κ2) is 6.19. The van der Waals surface area contributed by atoms with Gasteiger partial charge in [0, 0.05) is 17.4 Å². The molecule has 0 aliphatic carbocycles. The first kappa shape index (κ1) is 14.0. The van der Waals surface area contributed by atoms with E-state index in [-0.39, 0.29) is 0 Å². The third-order valence-corrected chi connectivity index (χ3v) is 3.38. The number of nitrogens with one attached hydrogen (secondary N) is 2. The number of aromatic amines is 1. The van der Waals surface area contributed by atoms with Crippen molar-refractivity contribution < 1.29 is 0 Å². The number of hydrogen-bond acceptors (Lipinski definition) is 7. The lowest BCUT2D eigenvalue weighted by Gasteiger charge is -2.11. The van der Waals surface area contributed by atoms with Gasteiger partial charge in [0.1, 0.15) is 5.82 Å². The van der Waals surface area contributed by atoms with Gasteiger partial charge in [0.2, 0.25) is 11.5 Å². The van der Waals surface area contributed by atoms with E-state index in [9.17, 15) is 0 Å². The Kier molecular flexibility index (Phi) is 3.93. The van der Waals surface area contributed by atoms with Crippen LogP contribution in [-0.4, -0.2) is 36.8 Å². The molecule has 0 atom stereocenters. The first-order valence-corrected chi connectivity index (χ1v) is 7.42. The van der Waals surface area contributed by atoms with Crippen LogP contribution in [0, 0.1) is 6.57 Å². The van der Waals surface area contributed by atoms with E-state index in [1.54, 1.807) is 0 Å². The Morgan fingerprint density at radius 3 is 2.91 bits per heavy atom. The summed E-state index contributed by atoms with van der Waals surface area (Å²) in [6, 6.07) is 7.47. The Balaban J connectivity index is 2.03. The predicted octanol–water partition coefficient (Wildman–Crippen LogP) is 2.67. The lowest BCUT2D eigenvalue weighted by molar-refractivity contribution is 0.881. The first-order valence-electron chi connectivity index (χ1n) is 6.20. The largest absolute Gasteiger partial charge is 0.348 e. The Hall–Kier alpha value is -2.99. The molecule has 2 N–H and O–H groups in total. The van der Waals surface area contributed by atoms with Gasteiger partial charge in [-0.25, -0.2) is 14.8 Å². The molecule has 0 bridgehead atoms. The fraction of sp³-hybridized carbons (Fsp3) is 0.0769. The number of thioether (sulfide) groups is 1.